The average molecular weight is 451 g/mol. The summed E-state index contributed by atoms with van der Waals surface area (Å²) in [6.07, 6.45) is 12.5. The van der Waals surface area contributed by atoms with Crippen molar-refractivity contribution in [3.8, 4) is 0 Å². The van der Waals surface area contributed by atoms with Crippen LogP contribution in [0.2, 0.25) is 0 Å². The topological polar surface area (TPSA) is 64.6 Å². The zero-order valence-corrected chi connectivity index (χ0v) is 21.2. The maximum Gasteiger partial charge on any atom is 0.396 e. The summed E-state index contributed by atoms with van der Waals surface area (Å²) in [4.78, 5) is 11.2. The molecule has 31 heavy (non-hydrogen) atoms. The van der Waals surface area contributed by atoms with Crippen LogP contribution >= 0.6 is 0 Å². The van der Waals surface area contributed by atoms with Crippen molar-refractivity contribution in [2.24, 2.45) is 0 Å². The van der Waals surface area contributed by atoms with Crippen LogP contribution in [0.5, 0.6) is 0 Å². The van der Waals surface area contributed by atoms with Crippen molar-refractivity contribution in [3.63, 3.8) is 0 Å². The molecule has 0 saturated heterocycles. The Morgan fingerprint density at radius 3 is 1.16 bits per heavy atom. The predicted octanol–water partition coefficient (Wildman–Crippen LogP) is 6.35. The summed E-state index contributed by atoms with van der Waals surface area (Å²) in [7, 11) is 0. The number of rotatable bonds is 24. The Balaban J connectivity index is 4.63. The Morgan fingerprint density at radius 2 is 0.774 bits per heavy atom. The van der Waals surface area contributed by atoms with E-state index in [4.69, 9.17) is 33.5 Å². The van der Waals surface area contributed by atoms with Gasteiger partial charge in [-0.2, -0.15) is 4.89 Å². The van der Waals surface area contributed by atoms with Crippen molar-refractivity contribution in [2.75, 3.05) is 39.6 Å². The second-order valence-corrected chi connectivity index (χ2v) is 7.36. The average Bonchev–Trinajstić information content (AvgIpc) is 2.75. The Morgan fingerprint density at radius 1 is 0.419 bits per heavy atom. The molecule has 0 atom stereocenters. The van der Waals surface area contributed by atoms with E-state index in [2.05, 4.69) is 6.92 Å². The summed E-state index contributed by atoms with van der Waals surface area (Å²) >= 11 is 0. The summed E-state index contributed by atoms with van der Waals surface area (Å²) in [5.41, 5.74) is 0. The fraction of sp³-hybridized carbons (Fsp3) is 1.00. The van der Waals surface area contributed by atoms with Crippen LogP contribution in [-0.2, 0) is 33.5 Å². The highest BCUT2D eigenvalue weighted by molar-refractivity contribution is 4.73. The van der Waals surface area contributed by atoms with Gasteiger partial charge in [0.25, 0.3) is 0 Å². The number of ether oxygens (including phenoxy) is 5. The van der Waals surface area contributed by atoms with Gasteiger partial charge in [0.2, 0.25) is 0 Å². The lowest BCUT2D eigenvalue weighted by atomic mass is 10.1. The van der Waals surface area contributed by atoms with Gasteiger partial charge >= 0.3 is 11.9 Å². The standard InChI is InChI=1S/C24H50O7/c1-7-13-14-15-16-17-18-19-20-21-22-30-31-24(28-11-5,29-12-6)23(25-8-2,26-9-3)27-10-4/h7-22H2,1-6H3. The van der Waals surface area contributed by atoms with E-state index in [0.29, 0.717) is 39.6 Å². The fourth-order valence-corrected chi connectivity index (χ4v) is 3.43. The molecule has 0 aromatic heterocycles. The van der Waals surface area contributed by atoms with Gasteiger partial charge in [-0.3, -0.25) is 0 Å². The first kappa shape index (κ1) is 30.7. The van der Waals surface area contributed by atoms with Gasteiger partial charge in [0.15, 0.2) is 0 Å². The minimum Gasteiger partial charge on any atom is -0.321 e. The Labute approximate surface area is 191 Å². The van der Waals surface area contributed by atoms with E-state index in [1.54, 1.807) is 0 Å². The second kappa shape index (κ2) is 20.3. The lowest BCUT2D eigenvalue weighted by Gasteiger charge is -2.44. The van der Waals surface area contributed by atoms with Crippen LogP contribution in [0, 0.1) is 0 Å². The highest BCUT2D eigenvalue weighted by Gasteiger charge is 2.62. The van der Waals surface area contributed by atoms with Crippen LogP contribution in [0.3, 0.4) is 0 Å². The van der Waals surface area contributed by atoms with Gasteiger partial charge in [-0.15, -0.1) is 0 Å². The van der Waals surface area contributed by atoms with E-state index in [9.17, 15) is 0 Å². The zero-order chi connectivity index (χ0) is 23.3. The molecule has 0 aromatic carbocycles. The lowest BCUT2D eigenvalue weighted by molar-refractivity contribution is -0.615. The summed E-state index contributed by atoms with van der Waals surface area (Å²) in [5, 5.41) is 0. The predicted molar refractivity (Wildman–Crippen MR) is 122 cm³/mol. The maximum atomic E-state index is 5.85. The molecule has 7 nitrogen and oxygen atoms in total. The van der Waals surface area contributed by atoms with Crippen molar-refractivity contribution < 1.29 is 33.5 Å². The molecule has 7 heteroatoms. The molecule has 0 saturated carbocycles. The highest BCUT2D eigenvalue weighted by atomic mass is 17.3. The van der Waals surface area contributed by atoms with Crippen LogP contribution in [0.4, 0.5) is 0 Å². The van der Waals surface area contributed by atoms with E-state index in [1.807, 2.05) is 34.6 Å². The third-order valence-electron chi connectivity index (χ3n) is 4.80. The molecule has 0 heterocycles. The summed E-state index contributed by atoms with van der Waals surface area (Å²) < 4.78 is 29.2. The molecule has 0 aliphatic carbocycles. The Hall–Kier alpha value is -0.280. The SMILES string of the molecule is CCCCCCCCCCCCOOC(OCC)(OCC)C(OCC)(OCC)OCC. The molecule has 0 aromatic rings. The number of hydrogen-bond acceptors (Lipinski definition) is 7. The maximum absolute atomic E-state index is 5.85. The zero-order valence-electron chi connectivity index (χ0n) is 21.2. The molecule has 0 radical (unpaired) electrons. The lowest BCUT2D eigenvalue weighted by Crippen LogP contribution is -2.64. The number of hydrogen-bond donors (Lipinski definition) is 0. The largest absolute Gasteiger partial charge is 0.396 e. The Kier molecular flexibility index (Phi) is 20.2. The minimum atomic E-state index is -1.78. The molecule has 0 rings (SSSR count). The Bertz CT molecular complexity index is 356. The molecule has 0 aliphatic heterocycles. The fourth-order valence-electron chi connectivity index (χ4n) is 3.43. The monoisotopic (exact) mass is 450 g/mol. The van der Waals surface area contributed by atoms with E-state index in [0.717, 1.165) is 12.8 Å². The second-order valence-electron chi connectivity index (χ2n) is 7.36. The molecule has 188 valence electrons. The molecular formula is C24H50O7. The first-order chi connectivity index (χ1) is 15.1. The molecule has 0 aliphatic rings. The minimum absolute atomic E-state index is 0.302. The molecule has 0 bridgehead atoms. The van der Waals surface area contributed by atoms with E-state index >= 15 is 0 Å². The van der Waals surface area contributed by atoms with Crippen LogP contribution in [0.1, 0.15) is 106 Å². The van der Waals surface area contributed by atoms with Gasteiger partial charge in [0.05, 0.1) is 19.8 Å². The summed E-state index contributed by atoms with van der Waals surface area (Å²) in [6.45, 7) is 13.5. The number of unbranched alkanes of at least 4 members (excludes halogenated alkanes) is 9. The third-order valence-corrected chi connectivity index (χ3v) is 4.80. The quantitative estimate of drug-likeness (QED) is 0.0735. The van der Waals surface area contributed by atoms with Gasteiger partial charge in [-0.05, 0) is 41.0 Å². The molecule has 0 N–H and O–H groups in total. The molecule has 0 fully saturated rings. The van der Waals surface area contributed by atoms with Gasteiger partial charge in [0, 0.05) is 19.8 Å². The van der Waals surface area contributed by atoms with Crippen molar-refractivity contribution in [1.82, 2.24) is 0 Å². The molecular weight excluding hydrogens is 400 g/mol. The van der Waals surface area contributed by atoms with Gasteiger partial charge in [0.1, 0.15) is 0 Å². The van der Waals surface area contributed by atoms with Gasteiger partial charge < -0.3 is 23.7 Å². The van der Waals surface area contributed by atoms with Crippen molar-refractivity contribution in [2.45, 2.75) is 118 Å². The summed E-state index contributed by atoms with van der Waals surface area (Å²) in [5.74, 6) is -3.47. The first-order valence-electron chi connectivity index (χ1n) is 12.6. The van der Waals surface area contributed by atoms with Crippen LogP contribution in [0.15, 0.2) is 0 Å². The van der Waals surface area contributed by atoms with Crippen LogP contribution < -0.4 is 0 Å². The van der Waals surface area contributed by atoms with E-state index < -0.39 is 11.9 Å². The van der Waals surface area contributed by atoms with Crippen molar-refractivity contribution in [1.29, 1.82) is 0 Å². The smallest absolute Gasteiger partial charge is 0.321 e. The summed E-state index contributed by atoms with van der Waals surface area (Å²) in [6, 6.07) is 0. The van der Waals surface area contributed by atoms with Gasteiger partial charge in [-0.1, -0.05) is 64.7 Å². The van der Waals surface area contributed by atoms with E-state index in [-0.39, 0.29) is 0 Å². The first-order valence-corrected chi connectivity index (χ1v) is 12.6. The molecule has 0 spiro atoms. The van der Waals surface area contributed by atoms with Gasteiger partial charge in [-0.25, -0.2) is 4.89 Å². The molecule has 0 amide bonds. The highest BCUT2D eigenvalue weighted by Crippen LogP contribution is 2.36. The van der Waals surface area contributed by atoms with Crippen molar-refractivity contribution >= 4 is 0 Å². The van der Waals surface area contributed by atoms with Crippen molar-refractivity contribution in [3.05, 3.63) is 0 Å². The van der Waals surface area contributed by atoms with Crippen LogP contribution in [0.25, 0.3) is 0 Å². The normalized spacial score (nSPS) is 12.6. The molecule has 0 unspecified atom stereocenters. The van der Waals surface area contributed by atoms with Crippen LogP contribution in [-0.4, -0.2) is 51.6 Å². The van der Waals surface area contributed by atoms with E-state index in [1.165, 1.54) is 51.4 Å². The third kappa shape index (κ3) is 11.9.